The van der Waals surface area contributed by atoms with Crippen molar-refractivity contribution in [2.75, 3.05) is 19.7 Å². The monoisotopic (exact) mass is 338 g/mol. The maximum absolute atomic E-state index is 11.7. The minimum absolute atomic E-state index is 0. The van der Waals surface area contributed by atoms with Gasteiger partial charge in [0.1, 0.15) is 5.75 Å². The molecular weight excluding hydrogens is 323 g/mol. The summed E-state index contributed by atoms with van der Waals surface area (Å²) in [6.07, 6.45) is 1.91. The van der Waals surface area contributed by atoms with Gasteiger partial charge in [-0.3, -0.25) is 4.79 Å². The van der Waals surface area contributed by atoms with Gasteiger partial charge in [0.2, 0.25) is 0 Å². The third-order valence-corrected chi connectivity index (χ3v) is 3.35. The molecule has 0 unspecified atom stereocenters. The van der Waals surface area contributed by atoms with Crippen LogP contribution >= 0.6 is 35.6 Å². The molecule has 1 aliphatic rings. The minimum atomic E-state index is -0.122. The quantitative estimate of drug-likeness (QED) is 0.887. The van der Waals surface area contributed by atoms with Crippen LogP contribution in [0, 0.1) is 0 Å². The number of rotatable bonds is 4. The van der Waals surface area contributed by atoms with Crippen LogP contribution in [0.3, 0.4) is 0 Å². The van der Waals surface area contributed by atoms with Gasteiger partial charge in [-0.2, -0.15) is 0 Å². The van der Waals surface area contributed by atoms with Crippen LogP contribution in [0.5, 0.6) is 5.75 Å². The molecule has 0 bridgehead atoms. The van der Waals surface area contributed by atoms with E-state index in [-0.39, 0.29) is 31.0 Å². The van der Waals surface area contributed by atoms with Gasteiger partial charge in [-0.15, -0.1) is 12.4 Å². The van der Waals surface area contributed by atoms with Crippen molar-refractivity contribution in [3.05, 3.63) is 28.2 Å². The number of carbonyl (C=O) groups is 1. The molecule has 1 aliphatic heterocycles. The minimum Gasteiger partial charge on any atom is -0.484 e. The van der Waals surface area contributed by atoms with Crippen molar-refractivity contribution in [2.24, 2.45) is 0 Å². The number of piperidine rings is 1. The van der Waals surface area contributed by atoms with E-state index in [0.717, 1.165) is 25.9 Å². The van der Waals surface area contributed by atoms with Crippen LogP contribution in [-0.2, 0) is 4.79 Å². The Morgan fingerprint density at radius 2 is 1.85 bits per heavy atom. The molecule has 1 amide bonds. The molecular formula is C13H17Cl3N2O2. The summed E-state index contributed by atoms with van der Waals surface area (Å²) in [5, 5.41) is 7.17. The number of hydrogen-bond donors (Lipinski definition) is 2. The van der Waals surface area contributed by atoms with Crippen molar-refractivity contribution in [1.82, 2.24) is 10.6 Å². The van der Waals surface area contributed by atoms with E-state index < -0.39 is 0 Å². The fraction of sp³-hybridized carbons (Fsp3) is 0.462. The number of nitrogens with one attached hydrogen (secondary N) is 2. The fourth-order valence-corrected chi connectivity index (χ4v) is 2.50. The Balaban J connectivity index is 0.00000200. The first-order chi connectivity index (χ1) is 9.13. The van der Waals surface area contributed by atoms with Crippen molar-refractivity contribution in [1.29, 1.82) is 0 Å². The maximum Gasteiger partial charge on any atom is 0.258 e. The van der Waals surface area contributed by atoms with Crippen molar-refractivity contribution >= 4 is 41.5 Å². The normalized spacial score (nSPS) is 15.3. The van der Waals surface area contributed by atoms with Gasteiger partial charge in [0.25, 0.3) is 5.91 Å². The number of hydrogen-bond acceptors (Lipinski definition) is 3. The molecule has 7 heteroatoms. The standard InChI is InChI=1S/C13H16Cl2N2O2.ClH/c14-9-5-10(15)7-12(6-9)19-8-13(18)17-11-1-3-16-4-2-11;/h5-7,11,16H,1-4,8H2,(H,17,18);1H. The zero-order chi connectivity index (χ0) is 13.7. The van der Waals surface area contributed by atoms with E-state index in [9.17, 15) is 4.79 Å². The van der Waals surface area contributed by atoms with Crippen LogP contribution < -0.4 is 15.4 Å². The van der Waals surface area contributed by atoms with E-state index in [4.69, 9.17) is 27.9 Å². The Hall–Kier alpha value is -0.680. The van der Waals surface area contributed by atoms with Gasteiger partial charge in [-0.05, 0) is 44.1 Å². The van der Waals surface area contributed by atoms with Crippen molar-refractivity contribution in [3.63, 3.8) is 0 Å². The highest BCUT2D eigenvalue weighted by Gasteiger charge is 2.15. The molecule has 1 heterocycles. The fourth-order valence-electron chi connectivity index (χ4n) is 2.00. The molecule has 0 aromatic heterocycles. The van der Waals surface area contributed by atoms with Gasteiger partial charge < -0.3 is 15.4 Å². The van der Waals surface area contributed by atoms with Crippen LogP contribution in [0.1, 0.15) is 12.8 Å². The number of carbonyl (C=O) groups excluding carboxylic acids is 1. The van der Waals surface area contributed by atoms with Crippen molar-refractivity contribution in [2.45, 2.75) is 18.9 Å². The number of benzene rings is 1. The van der Waals surface area contributed by atoms with E-state index in [1.54, 1.807) is 18.2 Å². The van der Waals surface area contributed by atoms with Gasteiger partial charge in [0, 0.05) is 16.1 Å². The Morgan fingerprint density at radius 3 is 2.45 bits per heavy atom. The van der Waals surface area contributed by atoms with Crippen molar-refractivity contribution < 1.29 is 9.53 Å². The molecule has 2 rings (SSSR count). The van der Waals surface area contributed by atoms with E-state index in [0.29, 0.717) is 15.8 Å². The van der Waals surface area contributed by atoms with E-state index in [1.807, 2.05) is 0 Å². The summed E-state index contributed by atoms with van der Waals surface area (Å²) in [6, 6.07) is 5.11. The second-order valence-electron chi connectivity index (χ2n) is 4.49. The lowest BCUT2D eigenvalue weighted by Gasteiger charge is -2.23. The highest BCUT2D eigenvalue weighted by Crippen LogP contribution is 2.24. The highest BCUT2D eigenvalue weighted by molar-refractivity contribution is 6.34. The third-order valence-electron chi connectivity index (χ3n) is 2.91. The summed E-state index contributed by atoms with van der Waals surface area (Å²) in [7, 11) is 0. The summed E-state index contributed by atoms with van der Waals surface area (Å²) in [4.78, 5) is 11.7. The summed E-state index contributed by atoms with van der Waals surface area (Å²) in [6.45, 7) is 1.85. The second-order valence-corrected chi connectivity index (χ2v) is 5.36. The van der Waals surface area contributed by atoms with Gasteiger partial charge in [-0.1, -0.05) is 23.2 Å². The molecule has 0 spiro atoms. The molecule has 2 N–H and O–H groups in total. The topological polar surface area (TPSA) is 50.4 Å². The molecule has 20 heavy (non-hydrogen) atoms. The van der Waals surface area contributed by atoms with Crippen LogP contribution in [0.15, 0.2) is 18.2 Å². The molecule has 1 saturated heterocycles. The predicted octanol–water partition coefficient (Wildman–Crippen LogP) is 2.66. The Morgan fingerprint density at radius 1 is 1.25 bits per heavy atom. The molecule has 1 fully saturated rings. The number of ether oxygens (including phenoxy) is 1. The van der Waals surface area contributed by atoms with Crippen LogP contribution in [-0.4, -0.2) is 31.6 Å². The third kappa shape index (κ3) is 5.75. The largest absolute Gasteiger partial charge is 0.484 e. The second kappa shape index (κ2) is 8.57. The highest BCUT2D eigenvalue weighted by atomic mass is 35.5. The molecule has 0 saturated carbocycles. The molecule has 0 atom stereocenters. The van der Waals surface area contributed by atoms with E-state index in [1.165, 1.54) is 0 Å². The summed E-state index contributed by atoms with van der Waals surface area (Å²) in [5.74, 6) is 0.376. The van der Waals surface area contributed by atoms with E-state index >= 15 is 0 Å². The zero-order valence-electron chi connectivity index (χ0n) is 10.8. The smallest absolute Gasteiger partial charge is 0.258 e. The molecule has 0 radical (unpaired) electrons. The average molecular weight is 340 g/mol. The molecule has 1 aromatic rings. The van der Waals surface area contributed by atoms with Crippen LogP contribution in [0.4, 0.5) is 0 Å². The van der Waals surface area contributed by atoms with Crippen LogP contribution in [0.25, 0.3) is 0 Å². The average Bonchev–Trinajstić information content (AvgIpc) is 2.36. The van der Waals surface area contributed by atoms with Crippen molar-refractivity contribution in [3.8, 4) is 5.75 Å². The van der Waals surface area contributed by atoms with Gasteiger partial charge in [0.05, 0.1) is 0 Å². The van der Waals surface area contributed by atoms with Crippen LogP contribution in [0.2, 0.25) is 10.0 Å². The molecule has 1 aromatic carbocycles. The first-order valence-electron chi connectivity index (χ1n) is 6.22. The number of amides is 1. The maximum atomic E-state index is 11.7. The first kappa shape index (κ1) is 17.4. The first-order valence-corrected chi connectivity index (χ1v) is 6.98. The Labute approximate surface area is 134 Å². The molecule has 0 aliphatic carbocycles. The van der Waals surface area contributed by atoms with Gasteiger partial charge in [0.15, 0.2) is 6.61 Å². The lowest BCUT2D eigenvalue weighted by Crippen LogP contribution is -2.44. The van der Waals surface area contributed by atoms with Gasteiger partial charge >= 0.3 is 0 Å². The summed E-state index contributed by atoms with van der Waals surface area (Å²) >= 11 is 11.7. The zero-order valence-corrected chi connectivity index (χ0v) is 13.2. The Bertz CT molecular complexity index is 431. The summed E-state index contributed by atoms with van der Waals surface area (Å²) < 4.78 is 5.37. The molecule has 4 nitrogen and oxygen atoms in total. The lowest BCUT2D eigenvalue weighted by molar-refractivity contribution is -0.123. The van der Waals surface area contributed by atoms with Gasteiger partial charge in [-0.25, -0.2) is 0 Å². The molecule has 112 valence electrons. The summed E-state index contributed by atoms with van der Waals surface area (Å²) in [5.41, 5.74) is 0. The lowest BCUT2D eigenvalue weighted by atomic mass is 10.1. The number of halogens is 3. The Kier molecular flexibility index (Phi) is 7.45. The SMILES string of the molecule is Cl.O=C(COc1cc(Cl)cc(Cl)c1)NC1CCNCC1. The predicted molar refractivity (Wildman–Crippen MR) is 83.2 cm³/mol. The van der Waals surface area contributed by atoms with E-state index in [2.05, 4.69) is 10.6 Å².